The number of hydrogen-bond acceptors (Lipinski definition) is 6. The van der Waals surface area contributed by atoms with Gasteiger partial charge in [0.15, 0.2) is 6.61 Å². The number of rotatable bonds is 6. The van der Waals surface area contributed by atoms with E-state index in [0.29, 0.717) is 5.78 Å². The molecule has 1 aromatic carbocycles. The van der Waals surface area contributed by atoms with Crippen LogP contribution in [0.25, 0.3) is 5.78 Å². The Balaban J connectivity index is 1.61. The van der Waals surface area contributed by atoms with Crippen LogP contribution >= 0.6 is 0 Å². The minimum atomic E-state index is -0.763. The normalized spacial score (nSPS) is 12.0. The van der Waals surface area contributed by atoms with Gasteiger partial charge in [-0.15, -0.1) is 5.10 Å². The van der Waals surface area contributed by atoms with Crippen molar-refractivity contribution in [3.8, 4) is 0 Å². The maximum Gasteiger partial charge on any atom is 0.378 e. The summed E-state index contributed by atoms with van der Waals surface area (Å²) in [7, 11) is 0. The van der Waals surface area contributed by atoms with Gasteiger partial charge in [0.1, 0.15) is 0 Å². The first-order chi connectivity index (χ1) is 13.4. The molecule has 0 bridgehead atoms. The number of benzene rings is 1. The van der Waals surface area contributed by atoms with Crippen molar-refractivity contribution in [1.82, 2.24) is 24.9 Å². The summed E-state index contributed by atoms with van der Waals surface area (Å²) in [6.45, 7) is 7.27. The Morgan fingerprint density at radius 3 is 2.54 bits per heavy atom. The van der Waals surface area contributed by atoms with E-state index < -0.39 is 12.6 Å². The molecule has 0 aliphatic rings. The van der Waals surface area contributed by atoms with Gasteiger partial charge in [-0.25, -0.2) is 14.3 Å². The Kier molecular flexibility index (Phi) is 5.67. The molecule has 8 heteroatoms. The molecule has 0 radical (unpaired) electrons. The zero-order valence-electron chi connectivity index (χ0n) is 16.4. The molecule has 0 spiro atoms. The SMILES string of the molecule is CC[C@@H](NC(=O)COC(=O)c1nc2nc(C)cc(C)n2n1)c1ccc(C)cc1. The van der Waals surface area contributed by atoms with E-state index in [0.717, 1.165) is 28.9 Å². The Morgan fingerprint density at radius 1 is 1.14 bits per heavy atom. The second kappa shape index (κ2) is 8.16. The Bertz CT molecular complexity index is 1010. The first-order valence-corrected chi connectivity index (χ1v) is 9.11. The third kappa shape index (κ3) is 4.33. The van der Waals surface area contributed by atoms with Gasteiger partial charge in [-0.05, 0) is 38.8 Å². The lowest BCUT2D eigenvalue weighted by Gasteiger charge is -2.17. The number of ether oxygens (including phenoxy) is 1. The fourth-order valence-electron chi connectivity index (χ4n) is 2.90. The van der Waals surface area contributed by atoms with Crippen LogP contribution in [0.2, 0.25) is 0 Å². The number of carbonyl (C=O) groups excluding carboxylic acids is 2. The summed E-state index contributed by atoms with van der Waals surface area (Å²) in [6, 6.07) is 9.64. The van der Waals surface area contributed by atoms with Crippen LogP contribution in [0.15, 0.2) is 30.3 Å². The van der Waals surface area contributed by atoms with E-state index >= 15 is 0 Å². The van der Waals surface area contributed by atoms with Gasteiger partial charge in [-0.3, -0.25) is 4.79 Å². The van der Waals surface area contributed by atoms with Gasteiger partial charge in [-0.2, -0.15) is 4.98 Å². The summed E-state index contributed by atoms with van der Waals surface area (Å²) < 4.78 is 6.54. The number of amides is 1. The molecule has 0 unspecified atom stereocenters. The molecule has 0 saturated carbocycles. The van der Waals surface area contributed by atoms with Gasteiger partial charge < -0.3 is 10.1 Å². The Hall–Kier alpha value is -3.29. The summed E-state index contributed by atoms with van der Waals surface area (Å²) in [5.41, 5.74) is 3.74. The van der Waals surface area contributed by atoms with Crippen LogP contribution in [0.1, 0.15) is 52.5 Å². The molecule has 0 aliphatic heterocycles. The summed E-state index contributed by atoms with van der Waals surface area (Å²) in [5, 5.41) is 6.98. The van der Waals surface area contributed by atoms with Gasteiger partial charge in [0.2, 0.25) is 0 Å². The van der Waals surface area contributed by atoms with Crippen LogP contribution in [0.4, 0.5) is 0 Å². The van der Waals surface area contributed by atoms with Gasteiger partial charge in [0, 0.05) is 11.4 Å². The highest BCUT2D eigenvalue weighted by Gasteiger charge is 2.19. The predicted octanol–water partition coefficient (Wildman–Crippen LogP) is 2.47. The van der Waals surface area contributed by atoms with Crippen molar-refractivity contribution in [2.75, 3.05) is 6.61 Å². The lowest BCUT2D eigenvalue weighted by molar-refractivity contribution is -0.125. The third-order valence-corrected chi connectivity index (χ3v) is 4.36. The molecular formula is C20H23N5O3. The molecule has 0 fully saturated rings. The number of fused-ring (bicyclic) bond motifs is 1. The number of nitrogens with zero attached hydrogens (tertiary/aromatic N) is 4. The van der Waals surface area contributed by atoms with Crippen molar-refractivity contribution in [2.45, 2.75) is 40.2 Å². The van der Waals surface area contributed by atoms with Crippen molar-refractivity contribution in [3.63, 3.8) is 0 Å². The maximum absolute atomic E-state index is 12.2. The molecule has 0 aliphatic carbocycles. The standard InChI is InChI=1S/C20H23N5O3/c1-5-16(15-8-6-12(2)7-9-15)22-17(26)11-28-19(27)18-23-20-21-13(3)10-14(4)25(20)24-18/h6-10,16H,5,11H2,1-4H3,(H,22,26)/t16-/m1/s1. The lowest BCUT2D eigenvalue weighted by atomic mass is 10.0. The number of nitrogens with one attached hydrogen (secondary N) is 1. The highest BCUT2D eigenvalue weighted by atomic mass is 16.5. The molecule has 146 valence electrons. The largest absolute Gasteiger partial charge is 0.450 e. The zero-order valence-corrected chi connectivity index (χ0v) is 16.4. The number of esters is 1. The molecule has 1 amide bonds. The van der Waals surface area contributed by atoms with Crippen LogP contribution in [-0.4, -0.2) is 38.1 Å². The lowest BCUT2D eigenvalue weighted by Crippen LogP contribution is -2.32. The van der Waals surface area contributed by atoms with E-state index in [4.69, 9.17) is 4.74 Å². The minimum absolute atomic E-state index is 0.125. The molecule has 8 nitrogen and oxygen atoms in total. The van der Waals surface area contributed by atoms with E-state index in [9.17, 15) is 9.59 Å². The summed E-state index contributed by atoms with van der Waals surface area (Å²) >= 11 is 0. The zero-order chi connectivity index (χ0) is 20.3. The van der Waals surface area contributed by atoms with E-state index in [1.807, 2.05) is 58.0 Å². The molecule has 1 atom stereocenters. The molecule has 2 heterocycles. The van der Waals surface area contributed by atoms with E-state index in [1.54, 1.807) is 0 Å². The van der Waals surface area contributed by atoms with Gasteiger partial charge >= 0.3 is 5.97 Å². The van der Waals surface area contributed by atoms with Crippen LogP contribution < -0.4 is 5.32 Å². The average Bonchev–Trinajstić information content (AvgIpc) is 3.09. The van der Waals surface area contributed by atoms with Crippen LogP contribution in [0.3, 0.4) is 0 Å². The van der Waals surface area contributed by atoms with E-state index in [-0.39, 0.29) is 17.8 Å². The van der Waals surface area contributed by atoms with E-state index in [2.05, 4.69) is 20.4 Å². The molecule has 3 aromatic rings. The first-order valence-electron chi connectivity index (χ1n) is 9.11. The van der Waals surface area contributed by atoms with E-state index in [1.165, 1.54) is 4.52 Å². The van der Waals surface area contributed by atoms with Crippen molar-refractivity contribution in [1.29, 1.82) is 0 Å². The summed E-state index contributed by atoms with van der Waals surface area (Å²) in [5.74, 6) is -0.949. The number of hydrogen-bond donors (Lipinski definition) is 1. The number of aromatic nitrogens is 4. The van der Waals surface area contributed by atoms with Crippen molar-refractivity contribution in [2.24, 2.45) is 0 Å². The molecule has 28 heavy (non-hydrogen) atoms. The molecular weight excluding hydrogens is 358 g/mol. The minimum Gasteiger partial charge on any atom is -0.450 e. The summed E-state index contributed by atoms with van der Waals surface area (Å²) in [6.07, 6.45) is 0.723. The highest BCUT2D eigenvalue weighted by Crippen LogP contribution is 2.17. The van der Waals surface area contributed by atoms with Crippen molar-refractivity contribution in [3.05, 3.63) is 58.7 Å². The third-order valence-electron chi connectivity index (χ3n) is 4.36. The predicted molar refractivity (Wildman–Crippen MR) is 103 cm³/mol. The van der Waals surface area contributed by atoms with Gasteiger partial charge in [-0.1, -0.05) is 36.8 Å². The van der Waals surface area contributed by atoms with Crippen LogP contribution in [-0.2, 0) is 9.53 Å². The molecule has 2 aromatic heterocycles. The number of aryl methyl sites for hydroxylation is 3. The maximum atomic E-state index is 12.2. The smallest absolute Gasteiger partial charge is 0.378 e. The van der Waals surface area contributed by atoms with Gasteiger partial charge in [0.05, 0.1) is 6.04 Å². The average molecular weight is 381 g/mol. The summed E-state index contributed by atoms with van der Waals surface area (Å²) in [4.78, 5) is 32.7. The quantitative estimate of drug-likeness (QED) is 0.659. The molecule has 1 N–H and O–H groups in total. The molecule has 3 rings (SSSR count). The monoisotopic (exact) mass is 381 g/mol. The second-order valence-corrected chi connectivity index (χ2v) is 6.70. The first kappa shape index (κ1) is 19.5. The van der Waals surface area contributed by atoms with Crippen LogP contribution in [0.5, 0.6) is 0 Å². The highest BCUT2D eigenvalue weighted by molar-refractivity contribution is 5.88. The Morgan fingerprint density at radius 2 is 1.86 bits per heavy atom. The van der Waals surface area contributed by atoms with Crippen molar-refractivity contribution >= 4 is 17.7 Å². The fourth-order valence-corrected chi connectivity index (χ4v) is 2.90. The van der Waals surface area contributed by atoms with Crippen LogP contribution in [0, 0.1) is 20.8 Å². The number of carbonyl (C=O) groups is 2. The topological polar surface area (TPSA) is 98.5 Å². The fraction of sp³-hybridized carbons (Fsp3) is 0.350. The Labute approximate surface area is 163 Å². The van der Waals surface area contributed by atoms with Crippen molar-refractivity contribution < 1.29 is 14.3 Å². The van der Waals surface area contributed by atoms with Gasteiger partial charge in [0.25, 0.3) is 17.5 Å². The second-order valence-electron chi connectivity index (χ2n) is 6.70. The molecule has 0 saturated heterocycles.